The van der Waals surface area contributed by atoms with Crippen molar-refractivity contribution in [2.45, 2.75) is 104 Å². The summed E-state index contributed by atoms with van der Waals surface area (Å²) < 4.78 is 65.9. The summed E-state index contributed by atoms with van der Waals surface area (Å²) in [5, 5.41) is 3.65. The van der Waals surface area contributed by atoms with Crippen molar-refractivity contribution < 1.29 is 41.4 Å². The normalized spacial score (nSPS) is 13.3. The third kappa shape index (κ3) is 10.7. The monoisotopic (exact) mass is 728 g/mol. The SMILES string of the molecule is CC[Si](CC)(CC)OC(CN(CCOc1ccc2c(C(F)(F)F)nn(C(=O)OC(C)(C)C)c2c1)C(=O)OC(C)(C)C)c1ccc(Cl)c(N)c1. The van der Waals surface area contributed by atoms with E-state index in [0.29, 0.717) is 15.4 Å². The maximum absolute atomic E-state index is 13.8. The van der Waals surface area contributed by atoms with Crippen LogP contribution in [0.5, 0.6) is 5.75 Å². The first-order valence-corrected chi connectivity index (χ1v) is 19.2. The molecule has 1 aromatic heterocycles. The number of halogens is 4. The Balaban J connectivity index is 1.95. The zero-order valence-corrected chi connectivity index (χ0v) is 31.4. The zero-order chi connectivity index (χ0) is 36.9. The number of rotatable bonds is 12. The molecule has 10 nitrogen and oxygen atoms in total. The van der Waals surface area contributed by atoms with Gasteiger partial charge < -0.3 is 29.3 Å². The highest BCUT2D eigenvalue weighted by Gasteiger charge is 2.39. The number of hydrogen-bond donors (Lipinski definition) is 1. The van der Waals surface area contributed by atoms with Crippen molar-refractivity contribution in [1.82, 2.24) is 14.7 Å². The van der Waals surface area contributed by atoms with Gasteiger partial charge in [0, 0.05) is 11.5 Å². The molecule has 0 bridgehead atoms. The van der Waals surface area contributed by atoms with Crippen LogP contribution in [0.15, 0.2) is 36.4 Å². The number of amides is 1. The van der Waals surface area contributed by atoms with Crippen molar-refractivity contribution in [3.63, 3.8) is 0 Å². The van der Waals surface area contributed by atoms with Gasteiger partial charge in [0.05, 0.1) is 35.4 Å². The van der Waals surface area contributed by atoms with Gasteiger partial charge in [0.15, 0.2) is 14.0 Å². The second-order valence-corrected chi connectivity index (χ2v) is 19.0. The first-order valence-electron chi connectivity index (χ1n) is 16.3. The largest absolute Gasteiger partial charge is 0.492 e. The molecule has 0 aliphatic rings. The van der Waals surface area contributed by atoms with Crippen molar-refractivity contribution in [3.8, 4) is 5.75 Å². The topological polar surface area (TPSA) is 118 Å². The van der Waals surface area contributed by atoms with Crippen molar-refractivity contribution in [1.29, 1.82) is 0 Å². The molecular weight excluding hydrogens is 681 g/mol. The predicted octanol–water partition coefficient (Wildman–Crippen LogP) is 9.45. The number of benzene rings is 2. The van der Waals surface area contributed by atoms with Crippen LogP contribution < -0.4 is 10.5 Å². The van der Waals surface area contributed by atoms with Crippen LogP contribution in [-0.4, -0.2) is 66.1 Å². The van der Waals surface area contributed by atoms with E-state index in [9.17, 15) is 22.8 Å². The van der Waals surface area contributed by atoms with Crippen LogP contribution in [-0.2, 0) is 20.1 Å². The summed E-state index contributed by atoms with van der Waals surface area (Å²) in [6.45, 7) is 16.5. The number of ether oxygens (including phenoxy) is 3. The first-order chi connectivity index (χ1) is 22.6. The van der Waals surface area contributed by atoms with Gasteiger partial charge >= 0.3 is 18.4 Å². The van der Waals surface area contributed by atoms with E-state index in [0.717, 1.165) is 23.7 Å². The van der Waals surface area contributed by atoms with Gasteiger partial charge in [-0.1, -0.05) is 38.4 Å². The highest BCUT2D eigenvalue weighted by atomic mass is 35.5. The number of carbonyl (C=O) groups is 2. The van der Waals surface area contributed by atoms with Gasteiger partial charge in [-0.2, -0.15) is 23.0 Å². The van der Waals surface area contributed by atoms with Crippen LogP contribution in [0, 0.1) is 0 Å². The van der Waals surface area contributed by atoms with Crippen molar-refractivity contribution in [2.75, 3.05) is 25.4 Å². The summed E-state index contributed by atoms with van der Waals surface area (Å²) in [6.07, 6.45) is -7.04. The number of carbonyl (C=O) groups excluding carboxylic acids is 2. The molecule has 272 valence electrons. The number of anilines is 1. The van der Waals surface area contributed by atoms with E-state index >= 15 is 0 Å². The second-order valence-electron chi connectivity index (χ2n) is 13.8. The third-order valence-electron chi connectivity index (χ3n) is 7.87. The van der Waals surface area contributed by atoms with Crippen LogP contribution in [0.3, 0.4) is 0 Å². The fraction of sp³-hybridized carbons (Fsp3) is 0.559. The predicted molar refractivity (Wildman–Crippen MR) is 187 cm³/mol. The van der Waals surface area contributed by atoms with E-state index in [1.807, 2.05) is 6.07 Å². The Morgan fingerprint density at radius 2 is 1.57 bits per heavy atom. The average Bonchev–Trinajstić information content (AvgIpc) is 3.38. The quantitative estimate of drug-likeness (QED) is 0.145. The first kappa shape index (κ1) is 39.9. The van der Waals surface area contributed by atoms with Gasteiger partial charge in [0.25, 0.3) is 0 Å². The summed E-state index contributed by atoms with van der Waals surface area (Å²) in [6, 6.07) is 11.7. The van der Waals surface area contributed by atoms with E-state index in [-0.39, 0.29) is 36.3 Å². The molecule has 15 heteroatoms. The van der Waals surface area contributed by atoms with Crippen LogP contribution in [0.25, 0.3) is 10.9 Å². The van der Waals surface area contributed by atoms with Crippen LogP contribution in [0.1, 0.15) is 79.7 Å². The number of nitrogen functional groups attached to an aromatic ring is 1. The number of fused-ring (bicyclic) bond motifs is 1. The Hall–Kier alpha value is -3.49. The molecule has 1 unspecified atom stereocenters. The van der Waals surface area contributed by atoms with Gasteiger partial charge in [-0.15, -0.1) is 0 Å². The van der Waals surface area contributed by atoms with Crippen molar-refractivity contribution in [3.05, 3.63) is 52.7 Å². The smallest absolute Gasteiger partial charge is 0.435 e. The van der Waals surface area contributed by atoms with Crippen molar-refractivity contribution >= 4 is 48.7 Å². The Morgan fingerprint density at radius 1 is 0.959 bits per heavy atom. The molecule has 0 fully saturated rings. The third-order valence-corrected chi connectivity index (χ3v) is 12.9. The van der Waals surface area contributed by atoms with Gasteiger partial charge in [-0.3, -0.25) is 0 Å². The molecular formula is C34H48ClF3N4O6Si. The summed E-state index contributed by atoms with van der Waals surface area (Å²) in [5.74, 6) is 0.155. The molecule has 1 heterocycles. The number of hydrogen-bond acceptors (Lipinski definition) is 8. The zero-order valence-electron chi connectivity index (χ0n) is 29.7. The number of nitrogens with zero attached hydrogens (tertiary/aromatic N) is 3. The van der Waals surface area contributed by atoms with E-state index in [2.05, 4.69) is 25.9 Å². The van der Waals surface area contributed by atoms with Crippen molar-refractivity contribution in [2.24, 2.45) is 0 Å². The lowest BCUT2D eigenvalue weighted by Crippen LogP contribution is -2.45. The van der Waals surface area contributed by atoms with Gasteiger partial charge in [0.2, 0.25) is 0 Å². The fourth-order valence-electron chi connectivity index (χ4n) is 5.17. The maximum Gasteiger partial charge on any atom is 0.435 e. The summed E-state index contributed by atoms with van der Waals surface area (Å²) in [5.41, 5.74) is 4.16. The molecule has 2 N–H and O–H groups in total. The number of aromatic nitrogens is 2. The minimum Gasteiger partial charge on any atom is -0.492 e. The highest BCUT2D eigenvalue weighted by molar-refractivity contribution is 6.73. The van der Waals surface area contributed by atoms with Gasteiger partial charge in [-0.25, -0.2) is 9.59 Å². The molecule has 0 aliphatic heterocycles. The maximum atomic E-state index is 13.8. The Kier molecular flexibility index (Phi) is 12.7. The molecule has 1 amide bonds. The Morgan fingerprint density at radius 3 is 2.10 bits per heavy atom. The molecule has 3 aromatic rings. The fourth-order valence-corrected chi connectivity index (χ4v) is 8.10. The molecule has 0 spiro atoms. The van der Waals surface area contributed by atoms with Crippen LogP contribution >= 0.6 is 11.6 Å². The number of alkyl halides is 3. The van der Waals surface area contributed by atoms with E-state index in [1.165, 1.54) is 23.1 Å². The van der Waals surface area contributed by atoms with Gasteiger partial charge in [0.1, 0.15) is 23.6 Å². The summed E-state index contributed by atoms with van der Waals surface area (Å²) >= 11 is 6.23. The summed E-state index contributed by atoms with van der Waals surface area (Å²) in [4.78, 5) is 27.9. The highest BCUT2D eigenvalue weighted by Crippen LogP contribution is 2.36. The molecule has 2 aromatic carbocycles. The van der Waals surface area contributed by atoms with Gasteiger partial charge in [-0.05, 0) is 89.5 Å². The molecule has 3 rings (SSSR count). The van der Waals surface area contributed by atoms with E-state index in [1.54, 1.807) is 53.7 Å². The number of nitrogens with two attached hydrogens (primary N) is 1. The standard InChI is InChI=1S/C34H48ClF3N4O6Si/c1-10-49(11-2,12-3)48-28(22-13-16-25(35)26(39)19-22)21-41(30(43)46-32(4,5)6)17-18-45-23-14-15-24-27(20-23)42(31(44)47-33(7,8)9)40-29(24)34(36,37)38/h13-16,19-20,28H,10-12,17-18,21,39H2,1-9H3. The molecule has 0 saturated heterocycles. The lowest BCUT2D eigenvalue weighted by molar-refractivity contribution is -0.140. The molecule has 49 heavy (non-hydrogen) atoms. The molecule has 0 saturated carbocycles. The second kappa shape index (κ2) is 15.6. The Bertz CT molecular complexity index is 1610. The lowest BCUT2D eigenvalue weighted by Gasteiger charge is -2.36. The van der Waals surface area contributed by atoms with Crippen LogP contribution in [0.2, 0.25) is 23.2 Å². The minimum atomic E-state index is -4.82. The Labute approximate surface area is 292 Å². The van der Waals surface area contributed by atoms with E-state index < -0.39 is 49.7 Å². The minimum absolute atomic E-state index is 0.0357. The van der Waals surface area contributed by atoms with Crippen LogP contribution in [0.4, 0.5) is 28.4 Å². The summed E-state index contributed by atoms with van der Waals surface area (Å²) in [7, 11) is -2.20. The average molecular weight is 729 g/mol. The molecule has 1 atom stereocenters. The van der Waals surface area contributed by atoms with E-state index in [4.69, 9.17) is 36.0 Å². The molecule has 0 radical (unpaired) electrons. The lowest BCUT2D eigenvalue weighted by atomic mass is 10.1. The molecule has 0 aliphatic carbocycles.